The molecule has 2 N–H and O–H groups in total. The van der Waals surface area contributed by atoms with Crippen LogP contribution >= 0.6 is 15.9 Å². The van der Waals surface area contributed by atoms with Gasteiger partial charge < -0.3 is 5.73 Å². The summed E-state index contributed by atoms with van der Waals surface area (Å²) >= 11 is 3.10. The third kappa shape index (κ3) is 4.58. The summed E-state index contributed by atoms with van der Waals surface area (Å²) in [4.78, 5) is -0.216. The maximum atomic E-state index is 12.6. The van der Waals surface area contributed by atoms with Crippen molar-refractivity contribution in [2.24, 2.45) is 0 Å². The van der Waals surface area contributed by atoms with Gasteiger partial charge in [0.2, 0.25) is 10.0 Å². The number of hydrogen-bond acceptors (Lipinski definition) is 3. The van der Waals surface area contributed by atoms with Gasteiger partial charge in [-0.2, -0.15) is 17.5 Å². The zero-order valence-electron chi connectivity index (χ0n) is 11.5. The zero-order valence-corrected chi connectivity index (χ0v) is 13.9. The topological polar surface area (TPSA) is 63.4 Å². The Morgan fingerprint density at radius 2 is 1.90 bits per heavy atom. The molecule has 0 aromatic heterocycles. The van der Waals surface area contributed by atoms with Crippen molar-refractivity contribution in [3.8, 4) is 0 Å². The van der Waals surface area contributed by atoms with Crippen molar-refractivity contribution in [2.75, 3.05) is 18.8 Å². The number of hydrogen-bond donors (Lipinski definition) is 1. The van der Waals surface area contributed by atoms with E-state index in [1.807, 2.05) is 0 Å². The first-order valence-corrected chi connectivity index (χ1v) is 8.35. The molecule has 1 aromatic rings. The van der Waals surface area contributed by atoms with Gasteiger partial charge in [0.05, 0.1) is 4.90 Å². The summed E-state index contributed by atoms with van der Waals surface area (Å²) in [6, 6.07) is 2.77. The number of rotatable bonds is 5. The van der Waals surface area contributed by atoms with Gasteiger partial charge in [-0.15, -0.1) is 0 Å². The molecule has 0 bridgehead atoms. The minimum atomic E-state index is -4.60. The Morgan fingerprint density at radius 1 is 1.33 bits per heavy atom. The molecule has 1 rings (SSSR count). The van der Waals surface area contributed by atoms with Crippen LogP contribution in [0.1, 0.15) is 18.9 Å². The fourth-order valence-electron chi connectivity index (χ4n) is 1.81. The summed E-state index contributed by atoms with van der Waals surface area (Å²) in [6.07, 6.45) is -4.33. The number of nitrogens with zero attached hydrogens (tertiary/aromatic N) is 1. The van der Waals surface area contributed by atoms with Gasteiger partial charge in [0.25, 0.3) is 0 Å². The molecule has 0 fully saturated rings. The number of anilines is 1. The minimum Gasteiger partial charge on any atom is -0.398 e. The Kier molecular flexibility index (Phi) is 5.68. The quantitative estimate of drug-likeness (QED) is 0.787. The first kappa shape index (κ1) is 18.2. The highest BCUT2D eigenvalue weighted by Gasteiger charge is 2.37. The highest BCUT2D eigenvalue weighted by atomic mass is 79.9. The third-order valence-corrected chi connectivity index (χ3v) is 5.24. The molecule has 9 heteroatoms. The van der Waals surface area contributed by atoms with Crippen molar-refractivity contribution < 1.29 is 21.6 Å². The standard InChI is InChI=1S/C12H16BrF3N2O2S/c1-3-4-18(7-12(14,15)16)21(19,20)11-6-9(13)5-10(17)8(11)2/h5-6H,3-4,7,17H2,1-2H3. The number of sulfonamides is 1. The van der Waals surface area contributed by atoms with Gasteiger partial charge in [0.15, 0.2) is 0 Å². The van der Waals surface area contributed by atoms with Crippen LogP contribution in [0.2, 0.25) is 0 Å². The predicted octanol–water partition coefficient (Wildman–Crippen LogP) is 3.30. The molecule has 120 valence electrons. The van der Waals surface area contributed by atoms with Gasteiger partial charge in [-0.05, 0) is 31.0 Å². The van der Waals surface area contributed by atoms with Crippen LogP contribution in [-0.4, -0.2) is 32.0 Å². The van der Waals surface area contributed by atoms with Crippen LogP contribution in [0.3, 0.4) is 0 Å². The van der Waals surface area contributed by atoms with Gasteiger partial charge in [-0.25, -0.2) is 8.42 Å². The van der Waals surface area contributed by atoms with Gasteiger partial charge in [0.1, 0.15) is 6.54 Å². The van der Waals surface area contributed by atoms with Crippen molar-refractivity contribution in [1.29, 1.82) is 0 Å². The fraction of sp³-hybridized carbons (Fsp3) is 0.500. The van der Waals surface area contributed by atoms with Crippen LogP contribution in [0.5, 0.6) is 0 Å². The molecule has 21 heavy (non-hydrogen) atoms. The van der Waals surface area contributed by atoms with Gasteiger partial charge in [0, 0.05) is 16.7 Å². The van der Waals surface area contributed by atoms with Crippen molar-refractivity contribution in [2.45, 2.75) is 31.3 Å². The van der Waals surface area contributed by atoms with Crippen LogP contribution in [0.25, 0.3) is 0 Å². The molecule has 0 aliphatic heterocycles. The van der Waals surface area contributed by atoms with E-state index in [0.717, 1.165) is 0 Å². The number of benzene rings is 1. The molecule has 0 saturated heterocycles. The zero-order chi connectivity index (χ0) is 16.4. The molecule has 4 nitrogen and oxygen atoms in total. The number of nitrogen functional groups attached to an aromatic ring is 1. The lowest BCUT2D eigenvalue weighted by Gasteiger charge is -2.24. The average molecular weight is 389 g/mol. The SMILES string of the molecule is CCCN(CC(F)(F)F)S(=O)(=O)c1cc(Br)cc(N)c1C. The number of nitrogens with two attached hydrogens (primary N) is 1. The van der Waals surface area contributed by atoms with Crippen LogP contribution in [0.4, 0.5) is 18.9 Å². The minimum absolute atomic E-state index is 0.200. The van der Waals surface area contributed by atoms with Crippen LogP contribution in [-0.2, 0) is 10.0 Å². The third-order valence-electron chi connectivity index (χ3n) is 2.81. The van der Waals surface area contributed by atoms with E-state index in [4.69, 9.17) is 5.73 Å². The highest BCUT2D eigenvalue weighted by Crippen LogP contribution is 2.30. The molecule has 0 unspecified atom stereocenters. The van der Waals surface area contributed by atoms with Crippen molar-refractivity contribution >= 4 is 31.6 Å². The van der Waals surface area contributed by atoms with Crippen LogP contribution in [0, 0.1) is 6.92 Å². The van der Waals surface area contributed by atoms with Crippen molar-refractivity contribution in [3.63, 3.8) is 0 Å². The Hall–Kier alpha value is -0.800. The molecular weight excluding hydrogens is 373 g/mol. The summed E-state index contributed by atoms with van der Waals surface area (Å²) in [5.41, 5.74) is 6.12. The maximum absolute atomic E-state index is 12.6. The number of alkyl halides is 3. The molecule has 0 spiro atoms. The van der Waals surface area contributed by atoms with Crippen LogP contribution in [0.15, 0.2) is 21.5 Å². The van der Waals surface area contributed by atoms with Crippen LogP contribution < -0.4 is 5.73 Å². The molecule has 1 aromatic carbocycles. The summed E-state index contributed by atoms with van der Waals surface area (Å²) in [6.45, 7) is 1.34. The first-order valence-electron chi connectivity index (χ1n) is 6.11. The van der Waals surface area contributed by atoms with E-state index < -0.39 is 22.7 Å². The monoisotopic (exact) mass is 388 g/mol. The summed E-state index contributed by atoms with van der Waals surface area (Å²) in [5, 5.41) is 0. The molecule has 0 atom stereocenters. The molecule has 0 radical (unpaired) electrons. The van der Waals surface area contributed by atoms with E-state index >= 15 is 0 Å². The number of halogens is 4. The second-order valence-electron chi connectivity index (χ2n) is 4.57. The first-order chi connectivity index (χ1) is 9.49. The summed E-state index contributed by atoms with van der Waals surface area (Å²) in [5.74, 6) is 0. The fourth-order valence-corrected chi connectivity index (χ4v) is 4.24. The second-order valence-corrected chi connectivity index (χ2v) is 7.39. The van der Waals surface area contributed by atoms with Crippen molar-refractivity contribution in [1.82, 2.24) is 4.31 Å². The Balaban J connectivity index is 3.36. The van der Waals surface area contributed by atoms with E-state index in [1.165, 1.54) is 19.1 Å². The average Bonchev–Trinajstić information content (AvgIpc) is 2.31. The second kappa shape index (κ2) is 6.53. The smallest absolute Gasteiger partial charge is 0.398 e. The van der Waals surface area contributed by atoms with Crippen molar-refractivity contribution in [3.05, 3.63) is 22.2 Å². The summed E-state index contributed by atoms with van der Waals surface area (Å²) in [7, 11) is -4.27. The molecule has 0 aliphatic rings. The van der Waals surface area contributed by atoms with E-state index in [-0.39, 0.29) is 29.1 Å². The van der Waals surface area contributed by atoms with Gasteiger partial charge in [-0.1, -0.05) is 22.9 Å². The normalized spacial score (nSPS) is 12.9. The molecule has 0 heterocycles. The Labute approximate surface area is 130 Å². The van der Waals surface area contributed by atoms with E-state index in [2.05, 4.69) is 15.9 Å². The maximum Gasteiger partial charge on any atom is 0.402 e. The highest BCUT2D eigenvalue weighted by molar-refractivity contribution is 9.10. The summed E-state index contributed by atoms with van der Waals surface area (Å²) < 4.78 is 63.6. The molecule has 0 amide bonds. The molecule has 0 aliphatic carbocycles. The van der Waals surface area contributed by atoms with Gasteiger partial charge in [-0.3, -0.25) is 0 Å². The predicted molar refractivity (Wildman–Crippen MR) is 78.4 cm³/mol. The lowest BCUT2D eigenvalue weighted by molar-refractivity contribution is -0.136. The van der Waals surface area contributed by atoms with E-state index in [9.17, 15) is 21.6 Å². The Morgan fingerprint density at radius 3 is 2.38 bits per heavy atom. The van der Waals surface area contributed by atoms with E-state index in [0.29, 0.717) is 8.78 Å². The van der Waals surface area contributed by atoms with Gasteiger partial charge >= 0.3 is 6.18 Å². The molecule has 0 saturated carbocycles. The lowest BCUT2D eigenvalue weighted by Crippen LogP contribution is -2.39. The van der Waals surface area contributed by atoms with E-state index in [1.54, 1.807) is 6.92 Å². The largest absolute Gasteiger partial charge is 0.402 e. The molecular formula is C12H16BrF3N2O2S. The Bertz CT molecular complexity index is 618. The lowest BCUT2D eigenvalue weighted by atomic mass is 10.2.